The number of aryl methyl sites for hydroxylation is 1. The molecule has 208 valence electrons. The number of hydrogen-bond acceptors (Lipinski definition) is 7. The molecule has 1 aliphatic rings. The molecule has 6 rings (SSSR count). The van der Waals surface area contributed by atoms with Gasteiger partial charge in [-0.15, -0.1) is 12.4 Å². The first-order valence-electron chi connectivity index (χ1n) is 12.7. The number of nitrogens with zero attached hydrogens (tertiary/aromatic N) is 2. The van der Waals surface area contributed by atoms with E-state index in [9.17, 15) is 14.7 Å². The van der Waals surface area contributed by atoms with E-state index in [2.05, 4.69) is 5.32 Å². The fourth-order valence-electron chi connectivity index (χ4n) is 4.53. The highest BCUT2D eigenvalue weighted by Crippen LogP contribution is 2.29. The molecule has 2 N–H and O–H groups in total. The number of aromatic hydroxyl groups is 1. The van der Waals surface area contributed by atoms with Crippen molar-refractivity contribution < 1.29 is 24.2 Å². The Morgan fingerprint density at radius 2 is 1.51 bits per heavy atom. The number of rotatable bonds is 8. The second-order valence-electron chi connectivity index (χ2n) is 9.43. The van der Waals surface area contributed by atoms with Crippen LogP contribution in [0.5, 0.6) is 23.0 Å². The molecule has 5 aromatic rings. The highest BCUT2D eigenvalue weighted by atomic mass is 35.5. The van der Waals surface area contributed by atoms with Crippen LogP contribution in [0.1, 0.15) is 11.4 Å². The number of hydrogen-bond donors (Lipinski definition) is 2. The third-order valence-corrected chi connectivity index (χ3v) is 7.70. The van der Waals surface area contributed by atoms with Gasteiger partial charge in [-0.05, 0) is 71.6 Å². The SMILES string of the molecule is Cl.Cn1c(COc2ccc(CC3SC(=O)NC3=O)cc2)nc2ccc(Oc3ccc(-c4ccc(O)cc4)cc3)cc21. The number of aromatic nitrogens is 2. The Bertz CT molecular complexity index is 1700. The predicted molar refractivity (Wildman–Crippen MR) is 161 cm³/mol. The third-order valence-electron chi connectivity index (χ3n) is 6.71. The lowest BCUT2D eigenvalue weighted by molar-refractivity contribution is -0.118. The van der Waals surface area contributed by atoms with Gasteiger partial charge in [0, 0.05) is 13.1 Å². The van der Waals surface area contributed by atoms with Crippen molar-refractivity contribution in [3.63, 3.8) is 0 Å². The molecule has 2 heterocycles. The molecule has 1 unspecified atom stereocenters. The molecule has 4 aromatic carbocycles. The summed E-state index contributed by atoms with van der Waals surface area (Å²) in [4.78, 5) is 27.9. The number of ether oxygens (including phenoxy) is 2. The minimum atomic E-state index is -0.391. The highest BCUT2D eigenvalue weighted by molar-refractivity contribution is 8.15. The van der Waals surface area contributed by atoms with Crippen LogP contribution in [0.3, 0.4) is 0 Å². The first-order valence-corrected chi connectivity index (χ1v) is 13.6. The number of amides is 2. The van der Waals surface area contributed by atoms with E-state index in [4.69, 9.17) is 14.5 Å². The van der Waals surface area contributed by atoms with Crippen molar-refractivity contribution in [3.8, 4) is 34.1 Å². The topological polar surface area (TPSA) is 103 Å². The Labute approximate surface area is 246 Å². The largest absolute Gasteiger partial charge is 0.508 e. The molecule has 0 bridgehead atoms. The Kier molecular flexibility index (Phi) is 8.19. The van der Waals surface area contributed by atoms with Crippen LogP contribution in [0.4, 0.5) is 4.79 Å². The molecule has 0 saturated carbocycles. The maximum Gasteiger partial charge on any atom is 0.286 e. The number of thioether (sulfide) groups is 1. The molecule has 2 amide bonds. The van der Waals surface area contributed by atoms with Crippen molar-refractivity contribution in [2.75, 3.05) is 0 Å². The van der Waals surface area contributed by atoms with Gasteiger partial charge in [-0.2, -0.15) is 0 Å². The number of fused-ring (bicyclic) bond motifs is 1. The summed E-state index contributed by atoms with van der Waals surface area (Å²) in [5.74, 6) is 2.88. The van der Waals surface area contributed by atoms with Crippen LogP contribution in [0, 0.1) is 0 Å². The highest BCUT2D eigenvalue weighted by Gasteiger charge is 2.31. The van der Waals surface area contributed by atoms with E-state index in [1.54, 1.807) is 12.1 Å². The average Bonchev–Trinajstić information content (AvgIpc) is 3.45. The van der Waals surface area contributed by atoms with Gasteiger partial charge in [0.1, 0.15) is 35.4 Å². The minimum absolute atomic E-state index is 0. The fourth-order valence-corrected chi connectivity index (χ4v) is 5.39. The van der Waals surface area contributed by atoms with Crippen LogP contribution in [-0.2, 0) is 24.9 Å². The molecule has 0 spiro atoms. The molecule has 8 nitrogen and oxygen atoms in total. The van der Waals surface area contributed by atoms with Gasteiger partial charge in [-0.25, -0.2) is 4.98 Å². The van der Waals surface area contributed by atoms with Crippen molar-refractivity contribution in [2.24, 2.45) is 7.05 Å². The number of halogens is 1. The molecule has 0 aliphatic carbocycles. The van der Waals surface area contributed by atoms with Gasteiger partial charge in [0.05, 0.1) is 16.3 Å². The van der Waals surface area contributed by atoms with E-state index in [-0.39, 0.29) is 35.9 Å². The van der Waals surface area contributed by atoms with E-state index in [1.807, 2.05) is 90.5 Å². The first kappa shape index (κ1) is 28.1. The van der Waals surface area contributed by atoms with Crippen molar-refractivity contribution >= 4 is 46.3 Å². The van der Waals surface area contributed by atoms with Crippen LogP contribution in [0.2, 0.25) is 0 Å². The van der Waals surface area contributed by atoms with E-state index in [0.717, 1.165) is 51.1 Å². The zero-order valence-electron chi connectivity index (χ0n) is 21.9. The lowest BCUT2D eigenvalue weighted by Gasteiger charge is -2.09. The Morgan fingerprint density at radius 3 is 2.17 bits per heavy atom. The quantitative estimate of drug-likeness (QED) is 0.210. The lowest BCUT2D eigenvalue weighted by Crippen LogP contribution is -2.25. The van der Waals surface area contributed by atoms with Gasteiger partial charge in [0.2, 0.25) is 5.91 Å². The van der Waals surface area contributed by atoms with Gasteiger partial charge in [0.25, 0.3) is 5.24 Å². The van der Waals surface area contributed by atoms with Crippen molar-refractivity contribution in [1.82, 2.24) is 14.9 Å². The lowest BCUT2D eigenvalue weighted by atomic mass is 10.1. The number of nitrogens with one attached hydrogen (secondary N) is 1. The smallest absolute Gasteiger partial charge is 0.286 e. The molecule has 10 heteroatoms. The molecule has 1 atom stereocenters. The minimum Gasteiger partial charge on any atom is -0.508 e. The standard InChI is InChI=1S/C31H25N3O5S.ClH/c1-34-27-17-25(39-24-12-6-21(7-13-24)20-4-8-22(35)9-5-20)14-15-26(27)32-29(34)18-38-23-10-2-19(3-11-23)16-28-30(36)33-31(37)40-28;/h2-15,17,28,35H,16,18H2,1H3,(H,33,36,37);1H. The maximum absolute atomic E-state index is 11.8. The van der Waals surface area contributed by atoms with Crippen LogP contribution < -0.4 is 14.8 Å². The van der Waals surface area contributed by atoms with E-state index in [0.29, 0.717) is 17.9 Å². The van der Waals surface area contributed by atoms with Gasteiger partial charge in [-0.3, -0.25) is 14.9 Å². The molecular formula is C31H26ClN3O5S. The van der Waals surface area contributed by atoms with Gasteiger partial charge >= 0.3 is 0 Å². The summed E-state index contributed by atoms with van der Waals surface area (Å²) < 4.78 is 14.1. The van der Waals surface area contributed by atoms with Crippen LogP contribution >= 0.6 is 24.2 Å². The summed E-state index contributed by atoms with van der Waals surface area (Å²) in [7, 11) is 1.94. The molecule has 1 aromatic heterocycles. The first-order chi connectivity index (χ1) is 19.4. The van der Waals surface area contributed by atoms with Crippen molar-refractivity contribution in [1.29, 1.82) is 0 Å². The third kappa shape index (κ3) is 6.32. The predicted octanol–water partition coefficient (Wildman–Crippen LogP) is 6.63. The number of benzene rings is 4. The van der Waals surface area contributed by atoms with Crippen LogP contribution in [-0.4, -0.2) is 31.1 Å². The monoisotopic (exact) mass is 587 g/mol. The second kappa shape index (κ2) is 12.0. The van der Waals surface area contributed by atoms with E-state index >= 15 is 0 Å². The number of carbonyl (C=O) groups is 2. The Morgan fingerprint density at radius 1 is 0.878 bits per heavy atom. The Balaban J connectivity index is 0.00000337. The number of phenols is 1. The summed E-state index contributed by atoms with van der Waals surface area (Å²) in [6.45, 7) is 0.287. The zero-order valence-corrected chi connectivity index (χ0v) is 23.6. The van der Waals surface area contributed by atoms with Crippen molar-refractivity contribution in [2.45, 2.75) is 18.3 Å². The molecule has 1 saturated heterocycles. The van der Waals surface area contributed by atoms with Crippen LogP contribution in [0.15, 0.2) is 91.0 Å². The summed E-state index contributed by atoms with van der Waals surface area (Å²) in [5.41, 5.74) is 4.77. The number of imidazole rings is 1. The fraction of sp³-hybridized carbons (Fsp3) is 0.129. The second-order valence-corrected chi connectivity index (χ2v) is 10.6. The van der Waals surface area contributed by atoms with E-state index in [1.165, 1.54) is 0 Å². The summed E-state index contributed by atoms with van der Waals surface area (Å²) in [5, 5.41) is 11.1. The molecule has 41 heavy (non-hydrogen) atoms. The summed E-state index contributed by atoms with van der Waals surface area (Å²) in [6, 6.07) is 28.2. The van der Waals surface area contributed by atoms with Gasteiger partial charge in [-0.1, -0.05) is 48.2 Å². The maximum atomic E-state index is 11.8. The zero-order chi connectivity index (χ0) is 27.6. The van der Waals surface area contributed by atoms with Gasteiger partial charge < -0.3 is 19.1 Å². The Hall–Kier alpha value is -4.47. The van der Waals surface area contributed by atoms with Crippen molar-refractivity contribution in [3.05, 3.63) is 102 Å². The number of carbonyl (C=O) groups excluding carboxylic acids is 2. The normalized spacial score (nSPS) is 14.5. The average molecular weight is 588 g/mol. The molecular weight excluding hydrogens is 562 g/mol. The van der Waals surface area contributed by atoms with Gasteiger partial charge in [0.15, 0.2) is 0 Å². The molecule has 1 aliphatic heterocycles. The summed E-state index contributed by atoms with van der Waals surface area (Å²) >= 11 is 1.03. The molecule has 0 radical (unpaired) electrons. The van der Waals surface area contributed by atoms with E-state index < -0.39 is 5.25 Å². The summed E-state index contributed by atoms with van der Waals surface area (Å²) in [6.07, 6.45) is 0.486. The number of phenolic OH excluding ortho intramolecular Hbond substituents is 1. The molecule has 1 fully saturated rings. The number of imide groups is 1. The van der Waals surface area contributed by atoms with Crippen LogP contribution in [0.25, 0.3) is 22.2 Å².